The van der Waals surface area contributed by atoms with Crippen molar-refractivity contribution < 1.29 is 24.6 Å². The average Bonchev–Trinajstić information content (AvgIpc) is 2.60. The molecule has 0 aliphatic carbocycles. The number of carboxylic acids is 1. The van der Waals surface area contributed by atoms with Gasteiger partial charge in [0.1, 0.15) is 0 Å². The normalized spacial score (nSPS) is 17.1. The Hall–Kier alpha value is -1.69. The summed E-state index contributed by atoms with van der Waals surface area (Å²) in [5.41, 5.74) is 0.678. The number of aliphatic hydroxyl groups is 1. The first-order valence-corrected chi connectivity index (χ1v) is 6.87. The van der Waals surface area contributed by atoms with Crippen LogP contribution in [-0.4, -0.2) is 45.5 Å². The number of carbonyl (C=O) groups is 3. The summed E-state index contributed by atoms with van der Waals surface area (Å²) in [5, 5.41) is 18.0. The van der Waals surface area contributed by atoms with Gasteiger partial charge in [-0.2, -0.15) is 0 Å². The summed E-state index contributed by atoms with van der Waals surface area (Å²) in [6.45, 7) is 2.84. The Bertz CT molecular complexity index is 441. The van der Waals surface area contributed by atoms with E-state index in [4.69, 9.17) is 10.2 Å². The number of unbranched alkanes of at least 4 members (excludes halogenated alkanes) is 3. The highest BCUT2D eigenvalue weighted by atomic mass is 16.4. The lowest BCUT2D eigenvalue weighted by atomic mass is 10.0. The number of hydrogen-bond acceptors (Lipinski definition) is 4. The maximum Gasteiger partial charge on any atom is 0.329 e. The van der Waals surface area contributed by atoms with Gasteiger partial charge in [-0.3, -0.25) is 14.5 Å². The second kappa shape index (κ2) is 7.19. The quantitative estimate of drug-likeness (QED) is 0.513. The van der Waals surface area contributed by atoms with Crippen molar-refractivity contribution in [1.29, 1.82) is 0 Å². The minimum Gasteiger partial charge on any atom is -0.480 e. The average molecular weight is 283 g/mol. The van der Waals surface area contributed by atoms with Gasteiger partial charge in [-0.1, -0.05) is 26.2 Å². The molecule has 2 amide bonds. The molecule has 2 N–H and O–H groups in total. The van der Waals surface area contributed by atoms with Crippen LogP contribution in [0.5, 0.6) is 0 Å². The zero-order valence-corrected chi connectivity index (χ0v) is 11.9. The predicted molar refractivity (Wildman–Crippen MR) is 71.8 cm³/mol. The van der Waals surface area contributed by atoms with Gasteiger partial charge in [-0.25, -0.2) is 4.79 Å². The molecule has 6 heteroatoms. The van der Waals surface area contributed by atoms with Crippen LogP contribution in [0.3, 0.4) is 0 Å². The molecule has 0 saturated carbocycles. The van der Waals surface area contributed by atoms with Crippen LogP contribution in [0.25, 0.3) is 0 Å². The largest absolute Gasteiger partial charge is 0.480 e. The number of carbonyl (C=O) groups excluding carboxylic acids is 2. The molecule has 1 atom stereocenters. The molecular weight excluding hydrogens is 262 g/mol. The molecule has 1 heterocycles. The number of rotatable bonds is 8. The molecule has 0 fully saturated rings. The molecule has 0 radical (unpaired) electrons. The summed E-state index contributed by atoms with van der Waals surface area (Å²) in [5.74, 6) is -2.57. The second-order valence-corrected chi connectivity index (χ2v) is 4.93. The van der Waals surface area contributed by atoms with Crippen molar-refractivity contribution in [2.75, 3.05) is 6.61 Å². The summed E-state index contributed by atoms with van der Waals surface area (Å²) >= 11 is 0. The molecule has 20 heavy (non-hydrogen) atoms. The summed E-state index contributed by atoms with van der Waals surface area (Å²) in [4.78, 5) is 35.8. The Morgan fingerprint density at radius 2 is 1.85 bits per heavy atom. The maximum atomic E-state index is 12.2. The zero-order chi connectivity index (χ0) is 15.3. The van der Waals surface area contributed by atoms with Crippen molar-refractivity contribution in [3.8, 4) is 0 Å². The van der Waals surface area contributed by atoms with E-state index in [1.54, 1.807) is 0 Å². The van der Waals surface area contributed by atoms with Gasteiger partial charge in [-0.05, 0) is 19.8 Å². The summed E-state index contributed by atoms with van der Waals surface area (Å²) in [7, 11) is 0. The van der Waals surface area contributed by atoms with Crippen LogP contribution in [-0.2, 0) is 14.4 Å². The van der Waals surface area contributed by atoms with Gasteiger partial charge in [-0.15, -0.1) is 0 Å². The first kappa shape index (κ1) is 16.4. The van der Waals surface area contributed by atoms with E-state index in [9.17, 15) is 14.4 Å². The Morgan fingerprint density at radius 1 is 1.20 bits per heavy atom. The fourth-order valence-corrected chi connectivity index (χ4v) is 2.28. The van der Waals surface area contributed by atoms with Crippen molar-refractivity contribution >= 4 is 17.8 Å². The van der Waals surface area contributed by atoms with Crippen LogP contribution < -0.4 is 0 Å². The van der Waals surface area contributed by atoms with Gasteiger partial charge >= 0.3 is 5.97 Å². The van der Waals surface area contributed by atoms with Gasteiger partial charge in [0.05, 0.1) is 6.61 Å². The van der Waals surface area contributed by atoms with E-state index in [2.05, 4.69) is 6.92 Å². The topological polar surface area (TPSA) is 94.9 Å². The number of imide groups is 1. The molecule has 112 valence electrons. The molecule has 0 spiro atoms. The van der Waals surface area contributed by atoms with Crippen LogP contribution >= 0.6 is 0 Å². The lowest BCUT2D eigenvalue weighted by molar-refractivity contribution is -0.155. The number of aliphatic carboxylic acids is 1. The van der Waals surface area contributed by atoms with Gasteiger partial charge in [0.15, 0.2) is 6.04 Å². The van der Waals surface area contributed by atoms with Crippen LogP contribution in [0.4, 0.5) is 0 Å². The van der Waals surface area contributed by atoms with Crippen molar-refractivity contribution in [3.05, 3.63) is 11.1 Å². The van der Waals surface area contributed by atoms with Crippen LogP contribution in [0.2, 0.25) is 0 Å². The molecule has 1 aliphatic heterocycles. The number of nitrogens with zero attached hydrogens (tertiary/aromatic N) is 1. The summed E-state index contributed by atoms with van der Waals surface area (Å²) < 4.78 is 0. The fraction of sp³-hybridized carbons (Fsp3) is 0.643. The Kier molecular flexibility index (Phi) is 5.88. The van der Waals surface area contributed by atoms with Gasteiger partial charge in [0.25, 0.3) is 11.8 Å². The minimum atomic E-state index is -1.50. The van der Waals surface area contributed by atoms with Crippen LogP contribution in [0.15, 0.2) is 11.1 Å². The first-order valence-electron chi connectivity index (χ1n) is 6.87. The Labute approximate surface area is 118 Å². The zero-order valence-electron chi connectivity index (χ0n) is 11.9. The lowest BCUT2D eigenvalue weighted by Gasteiger charge is -2.21. The van der Waals surface area contributed by atoms with Crippen molar-refractivity contribution in [1.82, 2.24) is 4.90 Å². The third-order valence-corrected chi connectivity index (χ3v) is 3.52. The first-order chi connectivity index (χ1) is 9.45. The van der Waals surface area contributed by atoms with Gasteiger partial charge in [0, 0.05) is 11.1 Å². The number of aliphatic hydroxyl groups excluding tert-OH is 1. The molecule has 0 aromatic carbocycles. The Morgan fingerprint density at radius 3 is 2.35 bits per heavy atom. The highest BCUT2D eigenvalue weighted by Gasteiger charge is 2.42. The number of hydrogen-bond donors (Lipinski definition) is 2. The maximum absolute atomic E-state index is 12.2. The highest BCUT2D eigenvalue weighted by Crippen LogP contribution is 2.26. The molecule has 0 bridgehead atoms. The van der Waals surface area contributed by atoms with E-state index >= 15 is 0 Å². The molecule has 6 nitrogen and oxygen atoms in total. The highest BCUT2D eigenvalue weighted by molar-refractivity contribution is 6.20. The van der Waals surface area contributed by atoms with E-state index in [0.717, 1.165) is 25.7 Å². The fourth-order valence-electron chi connectivity index (χ4n) is 2.28. The third-order valence-electron chi connectivity index (χ3n) is 3.52. The number of amides is 2. The van der Waals surface area contributed by atoms with E-state index in [1.807, 2.05) is 0 Å². The van der Waals surface area contributed by atoms with E-state index in [-0.39, 0.29) is 0 Å². The molecule has 0 aromatic rings. The SMILES string of the molecule is CCCCCCC1=C(C)C(=O)N([C@@H](CO)C(=O)O)C1=O. The second-order valence-electron chi connectivity index (χ2n) is 4.93. The monoisotopic (exact) mass is 283 g/mol. The standard InChI is InChI=1S/C14H21NO5/c1-3-4-5-6-7-10-9(2)12(17)15(13(10)18)11(8-16)14(19)20/h11,16H,3-8H2,1-2H3,(H,19,20)/t11-/m0/s1. The lowest BCUT2D eigenvalue weighted by Crippen LogP contribution is -2.48. The third kappa shape index (κ3) is 3.25. The van der Waals surface area contributed by atoms with E-state index in [0.29, 0.717) is 22.5 Å². The van der Waals surface area contributed by atoms with Crippen LogP contribution in [0.1, 0.15) is 46.0 Å². The summed E-state index contributed by atoms with van der Waals surface area (Å²) in [6.07, 6.45) is 4.38. The molecule has 0 unspecified atom stereocenters. The smallest absolute Gasteiger partial charge is 0.329 e. The van der Waals surface area contributed by atoms with Gasteiger partial charge in [0.2, 0.25) is 0 Å². The summed E-state index contributed by atoms with van der Waals surface area (Å²) in [6, 6.07) is -1.50. The van der Waals surface area contributed by atoms with Crippen molar-refractivity contribution in [3.63, 3.8) is 0 Å². The van der Waals surface area contributed by atoms with E-state index in [1.165, 1.54) is 6.92 Å². The molecule has 0 aromatic heterocycles. The van der Waals surface area contributed by atoms with Crippen LogP contribution in [0, 0.1) is 0 Å². The molecule has 0 saturated heterocycles. The molecule has 1 rings (SSSR count). The molecular formula is C14H21NO5. The van der Waals surface area contributed by atoms with E-state index < -0.39 is 30.4 Å². The van der Waals surface area contributed by atoms with Gasteiger partial charge < -0.3 is 10.2 Å². The minimum absolute atomic E-state index is 0.297. The molecule has 1 aliphatic rings. The predicted octanol–water partition coefficient (Wildman–Crippen LogP) is 1.09. The number of carboxylic acid groups (broad SMARTS) is 1. The van der Waals surface area contributed by atoms with Crippen molar-refractivity contribution in [2.24, 2.45) is 0 Å². The Balaban J connectivity index is 2.81. The van der Waals surface area contributed by atoms with Crippen molar-refractivity contribution in [2.45, 2.75) is 52.0 Å².